The summed E-state index contributed by atoms with van der Waals surface area (Å²) in [6, 6.07) is 4.13. The molecule has 0 unspecified atom stereocenters. The van der Waals surface area contributed by atoms with Gasteiger partial charge < -0.3 is 13.9 Å². The van der Waals surface area contributed by atoms with E-state index in [1.165, 1.54) is 10.9 Å². The van der Waals surface area contributed by atoms with E-state index in [0.29, 0.717) is 6.10 Å². The molecule has 2 aromatic rings. The Labute approximate surface area is 132 Å². The van der Waals surface area contributed by atoms with Gasteiger partial charge in [-0.3, -0.25) is 4.90 Å². The van der Waals surface area contributed by atoms with Crippen LogP contribution >= 0.6 is 0 Å². The first-order valence-electron chi connectivity index (χ1n) is 8.10. The molecule has 1 aromatic heterocycles. The molecule has 4 heteroatoms. The van der Waals surface area contributed by atoms with Crippen LogP contribution in [-0.2, 0) is 11.3 Å². The SMILES string of the molecule is CCOC1CCN(Cc2c(OC)cc(C)c3occc23)CC1. The van der Waals surface area contributed by atoms with Gasteiger partial charge in [0, 0.05) is 37.2 Å². The largest absolute Gasteiger partial charge is 0.496 e. The molecule has 2 heterocycles. The Balaban J connectivity index is 1.79. The van der Waals surface area contributed by atoms with Gasteiger partial charge in [0.2, 0.25) is 0 Å². The van der Waals surface area contributed by atoms with E-state index in [-0.39, 0.29) is 0 Å². The van der Waals surface area contributed by atoms with Crippen LogP contribution < -0.4 is 4.74 Å². The van der Waals surface area contributed by atoms with Gasteiger partial charge in [0.15, 0.2) is 0 Å². The number of furan rings is 1. The van der Waals surface area contributed by atoms with E-state index in [9.17, 15) is 0 Å². The number of rotatable bonds is 5. The van der Waals surface area contributed by atoms with Gasteiger partial charge in [-0.05, 0) is 44.4 Å². The van der Waals surface area contributed by atoms with Crippen molar-refractivity contribution in [2.24, 2.45) is 0 Å². The minimum atomic E-state index is 0.426. The summed E-state index contributed by atoms with van der Waals surface area (Å²) in [4.78, 5) is 2.48. The summed E-state index contributed by atoms with van der Waals surface area (Å²) in [5, 5.41) is 1.17. The molecule has 0 amide bonds. The van der Waals surface area contributed by atoms with Gasteiger partial charge >= 0.3 is 0 Å². The summed E-state index contributed by atoms with van der Waals surface area (Å²) in [6.45, 7) is 7.98. The molecule has 0 radical (unpaired) electrons. The molecule has 0 atom stereocenters. The van der Waals surface area contributed by atoms with Gasteiger partial charge in [0.1, 0.15) is 11.3 Å². The van der Waals surface area contributed by atoms with Crippen molar-refractivity contribution < 1.29 is 13.9 Å². The summed E-state index contributed by atoms with van der Waals surface area (Å²) in [5.74, 6) is 0.957. The number of ether oxygens (including phenoxy) is 2. The third-order valence-electron chi connectivity index (χ3n) is 4.53. The molecule has 1 aromatic carbocycles. The smallest absolute Gasteiger partial charge is 0.137 e. The number of aryl methyl sites for hydroxylation is 1. The van der Waals surface area contributed by atoms with Crippen LogP contribution in [0, 0.1) is 6.92 Å². The second-order valence-electron chi connectivity index (χ2n) is 5.97. The summed E-state index contributed by atoms with van der Waals surface area (Å²) in [6.07, 6.45) is 4.41. The van der Waals surface area contributed by atoms with Crippen molar-refractivity contribution in [2.45, 2.75) is 39.3 Å². The number of piperidine rings is 1. The molecule has 1 fully saturated rings. The highest BCUT2D eigenvalue weighted by atomic mass is 16.5. The third kappa shape index (κ3) is 2.99. The number of hydrogen-bond donors (Lipinski definition) is 0. The standard InChI is InChI=1S/C18H25NO3/c1-4-21-14-5-8-19(9-6-14)12-16-15-7-10-22-18(15)13(2)11-17(16)20-3/h7,10-11,14H,4-6,8-9,12H2,1-3H3. The van der Waals surface area contributed by atoms with E-state index in [1.807, 2.05) is 6.07 Å². The van der Waals surface area contributed by atoms with Crippen LogP contribution in [0.15, 0.2) is 22.8 Å². The van der Waals surface area contributed by atoms with Gasteiger partial charge in [-0.15, -0.1) is 0 Å². The Morgan fingerprint density at radius 2 is 2.09 bits per heavy atom. The lowest BCUT2D eigenvalue weighted by atomic mass is 10.0. The molecule has 1 aliphatic rings. The van der Waals surface area contributed by atoms with Crippen molar-refractivity contribution in [1.82, 2.24) is 4.90 Å². The first-order chi connectivity index (χ1) is 10.7. The molecule has 1 aliphatic heterocycles. The Kier molecular flexibility index (Phi) is 4.69. The lowest BCUT2D eigenvalue weighted by Crippen LogP contribution is -2.36. The lowest BCUT2D eigenvalue weighted by molar-refractivity contribution is 0.0125. The second-order valence-corrected chi connectivity index (χ2v) is 5.97. The topological polar surface area (TPSA) is 34.8 Å². The second kappa shape index (κ2) is 6.71. The van der Waals surface area contributed by atoms with Gasteiger partial charge in [-0.1, -0.05) is 0 Å². The van der Waals surface area contributed by atoms with E-state index in [0.717, 1.165) is 56.0 Å². The van der Waals surface area contributed by atoms with Crippen LogP contribution in [0.4, 0.5) is 0 Å². The summed E-state index contributed by atoms with van der Waals surface area (Å²) in [5.41, 5.74) is 3.32. The van der Waals surface area contributed by atoms with Crippen molar-refractivity contribution in [3.63, 3.8) is 0 Å². The zero-order valence-corrected chi connectivity index (χ0v) is 13.7. The van der Waals surface area contributed by atoms with E-state index < -0.39 is 0 Å². The number of hydrogen-bond acceptors (Lipinski definition) is 4. The van der Waals surface area contributed by atoms with Crippen molar-refractivity contribution >= 4 is 11.0 Å². The predicted molar refractivity (Wildman–Crippen MR) is 87.4 cm³/mol. The minimum Gasteiger partial charge on any atom is -0.496 e. The number of fused-ring (bicyclic) bond motifs is 1. The molecular weight excluding hydrogens is 278 g/mol. The fourth-order valence-electron chi connectivity index (χ4n) is 3.37. The summed E-state index contributed by atoms with van der Waals surface area (Å²) >= 11 is 0. The highest BCUT2D eigenvalue weighted by Crippen LogP contribution is 2.33. The van der Waals surface area contributed by atoms with Crippen molar-refractivity contribution in [3.8, 4) is 5.75 Å². The predicted octanol–water partition coefficient (Wildman–Crippen LogP) is 3.75. The Morgan fingerprint density at radius 3 is 2.77 bits per heavy atom. The van der Waals surface area contributed by atoms with E-state index >= 15 is 0 Å². The van der Waals surface area contributed by atoms with E-state index in [4.69, 9.17) is 13.9 Å². The molecule has 22 heavy (non-hydrogen) atoms. The molecule has 3 rings (SSSR count). The van der Waals surface area contributed by atoms with Gasteiger partial charge in [-0.2, -0.15) is 0 Å². The molecule has 120 valence electrons. The normalized spacial score (nSPS) is 17.2. The van der Waals surface area contributed by atoms with Crippen LogP contribution in [-0.4, -0.2) is 37.8 Å². The first-order valence-corrected chi connectivity index (χ1v) is 8.10. The van der Waals surface area contributed by atoms with Crippen LogP contribution in [0.25, 0.3) is 11.0 Å². The van der Waals surface area contributed by atoms with Gasteiger partial charge in [0.05, 0.1) is 19.5 Å². The minimum absolute atomic E-state index is 0.426. The fraction of sp³-hybridized carbons (Fsp3) is 0.556. The molecule has 0 saturated carbocycles. The summed E-state index contributed by atoms with van der Waals surface area (Å²) in [7, 11) is 1.74. The quantitative estimate of drug-likeness (QED) is 0.842. The van der Waals surface area contributed by atoms with Crippen LogP contribution in [0.5, 0.6) is 5.75 Å². The molecule has 0 aliphatic carbocycles. The lowest BCUT2D eigenvalue weighted by Gasteiger charge is -2.32. The zero-order valence-electron chi connectivity index (χ0n) is 13.7. The number of nitrogens with zero attached hydrogens (tertiary/aromatic N) is 1. The van der Waals surface area contributed by atoms with Gasteiger partial charge in [0.25, 0.3) is 0 Å². The van der Waals surface area contributed by atoms with Crippen LogP contribution in [0.3, 0.4) is 0 Å². The number of methoxy groups -OCH3 is 1. The molecule has 0 bridgehead atoms. The molecule has 4 nitrogen and oxygen atoms in total. The Bertz CT molecular complexity index is 627. The monoisotopic (exact) mass is 303 g/mol. The van der Waals surface area contributed by atoms with Crippen molar-refractivity contribution in [3.05, 3.63) is 29.5 Å². The summed E-state index contributed by atoms with van der Waals surface area (Å²) < 4.78 is 17.0. The molecular formula is C18H25NO3. The number of benzene rings is 1. The maximum Gasteiger partial charge on any atom is 0.137 e. The molecule has 0 spiro atoms. The first kappa shape index (κ1) is 15.4. The molecule has 1 saturated heterocycles. The third-order valence-corrected chi connectivity index (χ3v) is 4.53. The van der Waals surface area contributed by atoms with Crippen LogP contribution in [0.2, 0.25) is 0 Å². The highest BCUT2D eigenvalue weighted by Gasteiger charge is 2.22. The van der Waals surface area contributed by atoms with Crippen LogP contribution in [0.1, 0.15) is 30.9 Å². The molecule has 0 N–H and O–H groups in total. The Hall–Kier alpha value is -1.52. The average Bonchev–Trinajstić information content (AvgIpc) is 3.02. The highest BCUT2D eigenvalue weighted by molar-refractivity contribution is 5.86. The van der Waals surface area contributed by atoms with Crippen molar-refractivity contribution in [2.75, 3.05) is 26.8 Å². The fourth-order valence-corrected chi connectivity index (χ4v) is 3.37. The maximum absolute atomic E-state index is 5.73. The van der Waals surface area contributed by atoms with E-state index in [1.54, 1.807) is 13.4 Å². The maximum atomic E-state index is 5.73. The average molecular weight is 303 g/mol. The van der Waals surface area contributed by atoms with Gasteiger partial charge in [-0.25, -0.2) is 0 Å². The van der Waals surface area contributed by atoms with E-state index in [2.05, 4.69) is 24.8 Å². The van der Waals surface area contributed by atoms with Crippen molar-refractivity contribution in [1.29, 1.82) is 0 Å². The zero-order chi connectivity index (χ0) is 15.5. The Morgan fingerprint density at radius 1 is 1.32 bits per heavy atom. The number of likely N-dealkylation sites (tertiary alicyclic amines) is 1.